The fourth-order valence-electron chi connectivity index (χ4n) is 4.19. The molecule has 2 nitrogen and oxygen atoms in total. The molecule has 0 spiro atoms. The summed E-state index contributed by atoms with van der Waals surface area (Å²) in [7, 11) is 0. The van der Waals surface area contributed by atoms with E-state index in [2.05, 4.69) is 10.3 Å². The fraction of sp³-hybridized carbons (Fsp3) is 0.500. The van der Waals surface area contributed by atoms with Crippen LogP contribution >= 0.6 is 11.3 Å². The molecule has 1 aliphatic carbocycles. The maximum Gasteiger partial charge on any atom is 0.211 e. The van der Waals surface area contributed by atoms with Gasteiger partial charge in [-0.25, -0.2) is 0 Å². The molecular formula is C18H21NOS. The number of piperidine rings is 1. The first-order valence-electron chi connectivity index (χ1n) is 8.12. The molecule has 1 aliphatic heterocycles. The van der Waals surface area contributed by atoms with Gasteiger partial charge in [-0.1, -0.05) is 25.0 Å². The lowest BCUT2D eigenvalue weighted by molar-refractivity contribution is 0.243. The van der Waals surface area contributed by atoms with Gasteiger partial charge in [0, 0.05) is 28.1 Å². The van der Waals surface area contributed by atoms with Gasteiger partial charge in [-0.2, -0.15) is 0 Å². The minimum absolute atomic E-state index is 0.232. The van der Waals surface area contributed by atoms with E-state index in [1.807, 2.05) is 24.3 Å². The van der Waals surface area contributed by atoms with Gasteiger partial charge in [0.15, 0.2) is 0 Å². The molecule has 4 rings (SSSR count). The third-order valence-corrected chi connectivity index (χ3v) is 6.17. The molecule has 2 fully saturated rings. The van der Waals surface area contributed by atoms with Crippen LogP contribution in [0.15, 0.2) is 34.4 Å². The second-order valence-electron chi connectivity index (χ2n) is 6.39. The van der Waals surface area contributed by atoms with Crippen LogP contribution in [0.25, 0.3) is 10.1 Å². The van der Waals surface area contributed by atoms with Crippen molar-refractivity contribution in [3.8, 4) is 0 Å². The second kappa shape index (κ2) is 5.45. The van der Waals surface area contributed by atoms with E-state index >= 15 is 0 Å². The van der Waals surface area contributed by atoms with Crippen molar-refractivity contribution in [2.24, 2.45) is 5.92 Å². The first-order chi connectivity index (χ1) is 10.3. The predicted octanol–water partition coefficient (Wildman–Crippen LogP) is 4.42. The quantitative estimate of drug-likeness (QED) is 0.777. The van der Waals surface area contributed by atoms with Crippen LogP contribution in [-0.2, 0) is 0 Å². The molecule has 0 radical (unpaired) electrons. The van der Waals surface area contributed by atoms with Gasteiger partial charge in [0.05, 0.1) is 5.69 Å². The van der Waals surface area contributed by atoms with Crippen molar-refractivity contribution < 1.29 is 0 Å². The summed E-state index contributed by atoms with van der Waals surface area (Å²) in [6.45, 7) is 1.06. The van der Waals surface area contributed by atoms with Gasteiger partial charge >= 0.3 is 0 Å². The second-order valence-corrected chi connectivity index (χ2v) is 7.30. The number of anilines is 1. The molecule has 1 saturated heterocycles. The maximum absolute atomic E-state index is 12.9. The van der Waals surface area contributed by atoms with Gasteiger partial charge in [-0.15, -0.1) is 11.3 Å². The molecule has 21 heavy (non-hydrogen) atoms. The molecule has 1 aromatic carbocycles. The Morgan fingerprint density at radius 1 is 1.05 bits per heavy atom. The maximum atomic E-state index is 12.9. The van der Waals surface area contributed by atoms with Crippen molar-refractivity contribution in [2.45, 2.75) is 44.6 Å². The number of fused-ring (bicyclic) bond motifs is 2. The van der Waals surface area contributed by atoms with Crippen molar-refractivity contribution in [1.29, 1.82) is 0 Å². The lowest BCUT2D eigenvalue weighted by Gasteiger charge is -2.45. The highest BCUT2D eigenvalue weighted by molar-refractivity contribution is 7.16. The van der Waals surface area contributed by atoms with E-state index in [9.17, 15) is 4.79 Å². The Morgan fingerprint density at radius 2 is 1.86 bits per heavy atom. The highest BCUT2D eigenvalue weighted by Crippen LogP contribution is 2.37. The van der Waals surface area contributed by atoms with E-state index in [4.69, 9.17) is 0 Å². The van der Waals surface area contributed by atoms with Crippen molar-refractivity contribution in [1.82, 2.24) is 0 Å². The summed E-state index contributed by atoms with van der Waals surface area (Å²) in [5.41, 5.74) is 1.19. The van der Waals surface area contributed by atoms with E-state index < -0.39 is 0 Å². The summed E-state index contributed by atoms with van der Waals surface area (Å²) < 4.78 is 1.10. The van der Waals surface area contributed by atoms with Crippen molar-refractivity contribution >= 4 is 27.1 Å². The monoisotopic (exact) mass is 299 g/mol. The standard InChI is InChI=1S/C18H21NOS/c20-18-14-8-2-4-10-17(14)21-12-16(18)19-11-5-7-13-6-1-3-9-15(13)19/h2,4,8,10,12-13,15H,1,3,5-7,9,11H2/t13-,15-/m0/s1. The molecule has 0 bridgehead atoms. The van der Waals surface area contributed by atoms with Gasteiger partial charge in [-0.05, 0) is 43.7 Å². The fourth-order valence-corrected chi connectivity index (χ4v) is 5.12. The van der Waals surface area contributed by atoms with Crippen LogP contribution < -0.4 is 10.3 Å². The highest BCUT2D eigenvalue weighted by Gasteiger charge is 2.34. The number of hydrogen-bond acceptors (Lipinski definition) is 3. The molecule has 1 saturated carbocycles. The van der Waals surface area contributed by atoms with Crippen LogP contribution in [0.4, 0.5) is 5.69 Å². The Bertz CT molecular complexity index is 706. The molecule has 2 heterocycles. The molecule has 1 aromatic heterocycles. The van der Waals surface area contributed by atoms with Gasteiger partial charge < -0.3 is 4.90 Å². The zero-order valence-electron chi connectivity index (χ0n) is 12.3. The zero-order valence-corrected chi connectivity index (χ0v) is 13.1. The molecule has 2 aliphatic rings. The first kappa shape index (κ1) is 13.3. The summed E-state index contributed by atoms with van der Waals surface area (Å²) in [5, 5.41) is 2.99. The molecule has 0 unspecified atom stereocenters. The third kappa shape index (κ3) is 2.28. The largest absolute Gasteiger partial charge is 0.364 e. The van der Waals surface area contributed by atoms with Crippen LogP contribution in [0, 0.1) is 5.92 Å². The van der Waals surface area contributed by atoms with Crippen LogP contribution in [-0.4, -0.2) is 12.6 Å². The topological polar surface area (TPSA) is 20.3 Å². The Labute approximate surface area is 129 Å². The predicted molar refractivity (Wildman–Crippen MR) is 90.4 cm³/mol. The summed E-state index contributed by atoms with van der Waals surface area (Å²) in [4.78, 5) is 15.3. The van der Waals surface area contributed by atoms with Crippen LogP contribution in [0.5, 0.6) is 0 Å². The smallest absolute Gasteiger partial charge is 0.211 e. The third-order valence-electron chi connectivity index (χ3n) is 5.21. The Kier molecular flexibility index (Phi) is 3.46. The first-order valence-corrected chi connectivity index (χ1v) is 9.00. The van der Waals surface area contributed by atoms with Gasteiger partial charge in [0.25, 0.3) is 0 Å². The average Bonchev–Trinajstić information content (AvgIpc) is 2.55. The minimum Gasteiger partial charge on any atom is -0.364 e. The van der Waals surface area contributed by atoms with E-state index in [1.165, 1.54) is 38.5 Å². The van der Waals surface area contributed by atoms with Crippen molar-refractivity contribution in [3.63, 3.8) is 0 Å². The molecule has 2 aromatic rings. The van der Waals surface area contributed by atoms with E-state index in [0.717, 1.165) is 28.2 Å². The number of nitrogens with zero attached hydrogens (tertiary/aromatic N) is 1. The molecular weight excluding hydrogens is 278 g/mol. The Hall–Kier alpha value is -1.35. The summed E-state index contributed by atoms with van der Waals surface area (Å²) in [6, 6.07) is 8.61. The zero-order chi connectivity index (χ0) is 14.2. The average molecular weight is 299 g/mol. The number of benzene rings is 1. The normalized spacial score (nSPS) is 25.8. The lowest BCUT2D eigenvalue weighted by atomic mass is 9.78. The number of hydrogen-bond donors (Lipinski definition) is 0. The van der Waals surface area contributed by atoms with Gasteiger partial charge in [0.1, 0.15) is 0 Å². The van der Waals surface area contributed by atoms with E-state index in [0.29, 0.717) is 6.04 Å². The molecule has 0 amide bonds. The van der Waals surface area contributed by atoms with Gasteiger partial charge in [0.2, 0.25) is 5.43 Å². The molecule has 2 atom stereocenters. The Morgan fingerprint density at radius 3 is 2.81 bits per heavy atom. The summed E-state index contributed by atoms with van der Waals surface area (Å²) >= 11 is 1.71. The summed E-state index contributed by atoms with van der Waals surface area (Å²) in [5.74, 6) is 0.809. The van der Waals surface area contributed by atoms with Crippen LogP contribution in [0.3, 0.4) is 0 Å². The van der Waals surface area contributed by atoms with Crippen LogP contribution in [0.2, 0.25) is 0 Å². The van der Waals surface area contributed by atoms with E-state index in [1.54, 1.807) is 11.3 Å². The molecule has 3 heteroatoms. The minimum atomic E-state index is 0.232. The van der Waals surface area contributed by atoms with Gasteiger partial charge in [-0.3, -0.25) is 4.79 Å². The van der Waals surface area contributed by atoms with Crippen LogP contribution in [0.1, 0.15) is 38.5 Å². The number of rotatable bonds is 1. The van der Waals surface area contributed by atoms with Crippen molar-refractivity contribution in [3.05, 3.63) is 39.9 Å². The molecule has 0 N–H and O–H groups in total. The molecule has 110 valence electrons. The lowest BCUT2D eigenvalue weighted by Crippen LogP contribution is -2.48. The van der Waals surface area contributed by atoms with E-state index in [-0.39, 0.29) is 5.43 Å². The highest BCUT2D eigenvalue weighted by atomic mass is 32.1. The summed E-state index contributed by atoms with van der Waals surface area (Å²) in [6.07, 6.45) is 7.90. The Balaban J connectivity index is 1.78. The van der Waals surface area contributed by atoms with Crippen molar-refractivity contribution in [2.75, 3.05) is 11.4 Å². The SMILES string of the molecule is O=c1c(N2CCC[C@@H]3CCCC[C@@H]32)csc2ccccc12.